The average molecular weight is 683 g/mol. The Hall–Kier alpha value is -6.62. The predicted octanol–water partition coefficient (Wildman–Crippen LogP) is 14.2. The fourth-order valence-electron chi connectivity index (χ4n) is 7.97. The molecule has 0 aliphatic carbocycles. The van der Waals surface area contributed by atoms with E-state index in [0.717, 1.165) is 50.3 Å². The van der Waals surface area contributed by atoms with Crippen molar-refractivity contribution in [3.63, 3.8) is 0 Å². The second-order valence-corrected chi connectivity index (χ2v) is 14.4. The molecular formula is C48H30N2OS. The van der Waals surface area contributed by atoms with Gasteiger partial charge in [-0.3, -0.25) is 0 Å². The summed E-state index contributed by atoms with van der Waals surface area (Å²) >= 11 is 1.84. The highest BCUT2D eigenvalue weighted by Gasteiger charge is 2.18. The number of aromatic nitrogens is 1. The Morgan fingerprint density at radius 3 is 1.88 bits per heavy atom. The maximum atomic E-state index is 6.57. The number of thiophene rings is 1. The molecule has 0 bridgehead atoms. The quantitative estimate of drug-likeness (QED) is 0.180. The van der Waals surface area contributed by atoms with Crippen molar-refractivity contribution in [1.29, 1.82) is 0 Å². The smallest absolute Gasteiger partial charge is 0.137 e. The van der Waals surface area contributed by atoms with Crippen LogP contribution >= 0.6 is 11.3 Å². The minimum atomic E-state index is 0.869. The molecule has 0 saturated carbocycles. The summed E-state index contributed by atoms with van der Waals surface area (Å²) in [5, 5.41) is 7.32. The molecule has 0 saturated heterocycles. The standard InChI is InChI=1S/C48H30N2OS/c1-3-11-33(12-4-1)49(36-22-25-41-40-16-8-10-18-47(40)52-48(41)30-36)35-21-24-39-42-27-31(20-26-45(42)51-46(39)29-35)32-19-23-38-37-15-7-9-17-43(37)50(44(38)28-32)34-13-5-2-6-14-34/h1-30H. The predicted molar refractivity (Wildman–Crippen MR) is 221 cm³/mol. The highest BCUT2D eigenvalue weighted by atomic mass is 32.1. The van der Waals surface area contributed by atoms with Crippen LogP contribution in [-0.4, -0.2) is 4.57 Å². The first-order valence-corrected chi connectivity index (χ1v) is 18.4. The van der Waals surface area contributed by atoms with Crippen molar-refractivity contribution in [2.24, 2.45) is 0 Å². The molecule has 0 N–H and O–H groups in total. The van der Waals surface area contributed by atoms with Gasteiger partial charge in [0.1, 0.15) is 11.2 Å². The first-order valence-electron chi connectivity index (χ1n) is 17.6. The van der Waals surface area contributed by atoms with Gasteiger partial charge in [0.25, 0.3) is 0 Å². The van der Waals surface area contributed by atoms with Crippen molar-refractivity contribution in [3.8, 4) is 16.8 Å². The number of benzene rings is 8. The van der Waals surface area contributed by atoms with E-state index in [4.69, 9.17) is 4.42 Å². The van der Waals surface area contributed by atoms with E-state index in [1.165, 1.54) is 47.5 Å². The summed E-state index contributed by atoms with van der Waals surface area (Å²) in [6.45, 7) is 0. The average Bonchev–Trinajstić information content (AvgIpc) is 3.87. The summed E-state index contributed by atoms with van der Waals surface area (Å²) in [6.07, 6.45) is 0. The van der Waals surface area contributed by atoms with Crippen LogP contribution in [0, 0.1) is 0 Å². The number of furan rings is 1. The number of anilines is 3. The third kappa shape index (κ3) is 4.51. The molecular weight excluding hydrogens is 653 g/mol. The lowest BCUT2D eigenvalue weighted by Gasteiger charge is -2.25. The Bertz CT molecular complexity index is 3130. The van der Waals surface area contributed by atoms with E-state index in [9.17, 15) is 0 Å². The Morgan fingerprint density at radius 2 is 1.02 bits per heavy atom. The molecule has 244 valence electrons. The van der Waals surface area contributed by atoms with Crippen LogP contribution in [0.15, 0.2) is 186 Å². The van der Waals surface area contributed by atoms with Crippen molar-refractivity contribution in [2.45, 2.75) is 0 Å². The Balaban J connectivity index is 1.03. The van der Waals surface area contributed by atoms with E-state index in [0.29, 0.717) is 0 Å². The molecule has 8 aromatic carbocycles. The minimum absolute atomic E-state index is 0.869. The zero-order chi connectivity index (χ0) is 34.2. The second kappa shape index (κ2) is 11.5. The third-order valence-corrected chi connectivity index (χ3v) is 11.5. The summed E-state index contributed by atoms with van der Waals surface area (Å²) in [5.41, 5.74) is 10.9. The number of nitrogens with zero attached hydrogens (tertiary/aromatic N) is 2. The molecule has 0 atom stereocenters. The molecule has 3 heterocycles. The minimum Gasteiger partial charge on any atom is -0.456 e. The van der Waals surface area contributed by atoms with E-state index in [1.54, 1.807) is 0 Å². The van der Waals surface area contributed by atoms with Gasteiger partial charge in [-0.2, -0.15) is 0 Å². The van der Waals surface area contributed by atoms with Crippen LogP contribution in [-0.2, 0) is 0 Å². The van der Waals surface area contributed by atoms with Crippen molar-refractivity contribution in [2.75, 3.05) is 4.90 Å². The van der Waals surface area contributed by atoms with E-state index in [-0.39, 0.29) is 0 Å². The summed E-state index contributed by atoms with van der Waals surface area (Å²) < 4.78 is 11.5. The molecule has 0 amide bonds. The molecule has 0 aliphatic rings. The largest absolute Gasteiger partial charge is 0.456 e. The lowest BCUT2D eigenvalue weighted by atomic mass is 10.0. The third-order valence-electron chi connectivity index (χ3n) is 10.4. The topological polar surface area (TPSA) is 21.3 Å². The Morgan fingerprint density at radius 1 is 0.385 bits per heavy atom. The van der Waals surface area contributed by atoms with Gasteiger partial charge in [0.05, 0.1) is 11.0 Å². The Kier molecular flexibility index (Phi) is 6.42. The lowest BCUT2D eigenvalue weighted by molar-refractivity contribution is 0.669. The highest BCUT2D eigenvalue weighted by Crippen LogP contribution is 2.43. The number of fused-ring (bicyclic) bond motifs is 9. The summed E-state index contributed by atoms with van der Waals surface area (Å²) in [6, 6.07) is 65.4. The molecule has 3 nitrogen and oxygen atoms in total. The Labute approximate surface area is 303 Å². The summed E-state index contributed by atoms with van der Waals surface area (Å²) in [5.74, 6) is 0. The SMILES string of the molecule is c1ccc(N(c2ccc3c(c2)oc2ccc(-c4ccc5c6ccccc6n(-c6ccccc6)c5c4)cc23)c2ccc3c(c2)sc2ccccc23)cc1. The molecule has 52 heavy (non-hydrogen) atoms. The number of hydrogen-bond acceptors (Lipinski definition) is 3. The number of hydrogen-bond donors (Lipinski definition) is 0. The first-order chi connectivity index (χ1) is 25.8. The summed E-state index contributed by atoms with van der Waals surface area (Å²) in [4.78, 5) is 2.32. The molecule has 0 spiro atoms. The molecule has 0 unspecified atom stereocenters. The van der Waals surface area contributed by atoms with Gasteiger partial charge in [0, 0.05) is 70.5 Å². The van der Waals surface area contributed by atoms with Crippen LogP contribution in [0.5, 0.6) is 0 Å². The number of rotatable bonds is 5. The zero-order valence-corrected chi connectivity index (χ0v) is 28.8. The molecule has 11 aromatic rings. The van der Waals surface area contributed by atoms with Crippen molar-refractivity contribution in [1.82, 2.24) is 4.57 Å². The fraction of sp³-hybridized carbons (Fsp3) is 0. The van der Waals surface area contributed by atoms with Crippen LogP contribution in [0.3, 0.4) is 0 Å². The van der Waals surface area contributed by atoms with Crippen LogP contribution in [0.25, 0.3) is 80.7 Å². The van der Waals surface area contributed by atoms with Crippen LogP contribution in [0.1, 0.15) is 0 Å². The van der Waals surface area contributed by atoms with Crippen LogP contribution in [0.2, 0.25) is 0 Å². The van der Waals surface area contributed by atoms with Gasteiger partial charge in [-0.1, -0.05) is 97.1 Å². The highest BCUT2D eigenvalue weighted by molar-refractivity contribution is 7.25. The summed E-state index contributed by atoms with van der Waals surface area (Å²) in [7, 11) is 0. The van der Waals surface area contributed by atoms with Crippen LogP contribution in [0.4, 0.5) is 17.1 Å². The molecule has 0 radical (unpaired) electrons. The molecule has 0 aliphatic heterocycles. The number of para-hydroxylation sites is 3. The maximum Gasteiger partial charge on any atom is 0.137 e. The van der Waals surface area contributed by atoms with Crippen molar-refractivity contribution in [3.05, 3.63) is 182 Å². The molecule has 4 heteroatoms. The maximum absolute atomic E-state index is 6.57. The van der Waals surface area contributed by atoms with Crippen LogP contribution < -0.4 is 4.90 Å². The van der Waals surface area contributed by atoms with Gasteiger partial charge in [-0.15, -0.1) is 11.3 Å². The van der Waals surface area contributed by atoms with E-state index < -0.39 is 0 Å². The van der Waals surface area contributed by atoms with E-state index in [2.05, 4.69) is 191 Å². The molecule has 11 rings (SSSR count). The van der Waals surface area contributed by atoms with E-state index >= 15 is 0 Å². The van der Waals surface area contributed by atoms with Gasteiger partial charge in [-0.05, 0) is 90.0 Å². The van der Waals surface area contributed by atoms with Crippen molar-refractivity contribution < 1.29 is 4.42 Å². The van der Waals surface area contributed by atoms with Gasteiger partial charge >= 0.3 is 0 Å². The molecule has 3 aromatic heterocycles. The van der Waals surface area contributed by atoms with Gasteiger partial charge < -0.3 is 13.9 Å². The normalized spacial score (nSPS) is 11.8. The van der Waals surface area contributed by atoms with Gasteiger partial charge in [-0.25, -0.2) is 0 Å². The van der Waals surface area contributed by atoms with E-state index in [1.807, 2.05) is 11.3 Å². The molecule has 0 fully saturated rings. The monoisotopic (exact) mass is 682 g/mol. The van der Waals surface area contributed by atoms with Gasteiger partial charge in [0.15, 0.2) is 0 Å². The van der Waals surface area contributed by atoms with Gasteiger partial charge in [0.2, 0.25) is 0 Å². The zero-order valence-electron chi connectivity index (χ0n) is 28.0. The van der Waals surface area contributed by atoms with Crippen molar-refractivity contribution >= 4 is 92.3 Å². The first kappa shape index (κ1) is 29.1. The lowest BCUT2D eigenvalue weighted by Crippen LogP contribution is -2.09. The fourth-order valence-corrected chi connectivity index (χ4v) is 9.11. The second-order valence-electron chi connectivity index (χ2n) is 13.4.